The highest BCUT2D eigenvalue weighted by molar-refractivity contribution is 7.71. The van der Waals surface area contributed by atoms with Gasteiger partial charge in [-0.1, -0.05) is 32.0 Å². The third-order valence-electron chi connectivity index (χ3n) is 3.24. The predicted molar refractivity (Wildman–Crippen MR) is 80.3 cm³/mol. The minimum atomic E-state index is 0.437. The number of rotatable bonds is 2. The Hall–Kier alpha value is -1.94. The number of fused-ring (bicyclic) bond motifs is 1. The molecule has 0 spiro atoms. The van der Waals surface area contributed by atoms with Crippen molar-refractivity contribution in [2.45, 2.75) is 19.8 Å². The van der Waals surface area contributed by atoms with Crippen molar-refractivity contribution in [3.63, 3.8) is 0 Å². The minimum Gasteiger partial charge on any atom is -0.329 e. The molecule has 2 heterocycles. The molecule has 0 atom stereocenters. The van der Waals surface area contributed by atoms with Gasteiger partial charge in [0.05, 0.1) is 11.2 Å². The second-order valence-electron chi connectivity index (χ2n) is 4.85. The van der Waals surface area contributed by atoms with E-state index in [0.717, 1.165) is 16.9 Å². The maximum absolute atomic E-state index is 5.45. The van der Waals surface area contributed by atoms with Crippen LogP contribution in [-0.2, 0) is 0 Å². The zero-order valence-corrected chi connectivity index (χ0v) is 11.7. The molecule has 96 valence electrons. The third kappa shape index (κ3) is 1.98. The summed E-state index contributed by atoms with van der Waals surface area (Å²) in [5, 5.41) is 0. The van der Waals surface area contributed by atoms with Crippen molar-refractivity contribution >= 4 is 23.4 Å². The highest BCUT2D eigenvalue weighted by Crippen LogP contribution is 2.25. The molecule has 0 fully saturated rings. The lowest BCUT2D eigenvalue weighted by Gasteiger charge is -2.13. The van der Waals surface area contributed by atoms with Crippen LogP contribution in [-0.4, -0.2) is 14.5 Å². The van der Waals surface area contributed by atoms with Gasteiger partial charge in [0.15, 0.2) is 10.4 Å². The summed E-state index contributed by atoms with van der Waals surface area (Å²) in [4.78, 5) is 7.65. The van der Waals surface area contributed by atoms with Crippen LogP contribution < -0.4 is 0 Å². The topological polar surface area (TPSA) is 33.6 Å². The Morgan fingerprint density at radius 2 is 1.95 bits per heavy atom. The lowest BCUT2D eigenvalue weighted by atomic mass is 10.0. The van der Waals surface area contributed by atoms with E-state index in [1.165, 1.54) is 5.56 Å². The van der Waals surface area contributed by atoms with E-state index in [9.17, 15) is 0 Å². The van der Waals surface area contributed by atoms with Gasteiger partial charge in [-0.25, -0.2) is 4.98 Å². The number of para-hydroxylation sites is 1. The van der Waals surface area contributed by atoms with Crippen LogP contribution in [0.4, 0.5) is 0 Å². The van der Waals surface area contributed by atoms with Crippen LogP contribution >= 0.6 is 12.2 Å². The van der Waals surface area contributed by atoms with Crippen LogP contribution in [0.1, 0.15) is 25.3 Å². The second kappa shape index (κ2) is 4.63. The van der Waals surface area contributed by atoms with Crippen LogP contribution in [0.2, 0.25) is 0 Å². The molecule has 0 amide bonds. The fourth-order valence-electron chi connectivity index (χ4n) is 2.34. The molecule has 0 saturated heterocycles. The van der Waals surface area contributed by atoms with Crippen molar-refractivity contribution in [3.05, 3.63) is 52.9 Å². The molecule has 4 heteroatoms. The van der Waals surface area contributed by atoms with Gasteiger partial charge in [0.25, 0.3) is 0 Å². The van der Waals surface area contributed by atoms with E-state index in [0.29, 0.717) is 10.7 Å². The van der Waals surface area contributed by atoms with Gasteiger partial charge >= 0.3 is 0 Å². The Labute approximate surface area is 116 Å². The normalized spacial score (nSPS) is 11.3. The van der Waals surface area contributed by atoms with Crippen LogP contribution in [0.25, 0.3) is 16.9 Å². The third-order valence-corrected chi connectivity index (χ3v) is 3.53. The SMILES string of the molecule is CC(C)c1ccccc1-n1c(=S)[nH]c2cccnc21. The number of nitrogens with one attached hydrogen (secondary N) is 1. The van der Waals surface area contributed by atoms with Gasteiger partial charge in [0, 0.05) is 6.20 Å². The van der Waals surface area contributed by atoms with Crippen molar-refractivity contribution in [2.75, 3.05) is 0 Å². The van der Waals surface area contributed by atoms with E-state index in [1.54, 1.807) is 6.20 Å². The first-order valence-electron chi connectivity index (χ1n) is 6.33. The first-order chi connectivity index (χ1) is 9.18. The van der Waals surface area contributed by atoms with E-state index in [2.05, 4.69) is 42.0 Å². The standard InChI is InChI=1S/C15H15N3S/c1-10(2)11-6-3-4-8-13(11)18-14-12(17-15(18)19)7-5-9-16-14/h3-10H,1-2H3,(H,17,19). The number of pyridine rings is 1. The molecule has 0 radical (unpaired) electrons. The number of aromatic nitrogens is 3. The van der Waals surface area contributed by atoms with Crippen molar-refractivity contribution in [1.82, 2.24) is 14.5 Å². The Bertz CT molecular complexity index is 783. The fraction of sp³-hybridized carbons (Fsp3) is 0.200. The molecule has 1 aromatic carbocycles. The van der Waals surface area contributed by atoms with Gasteiger partial charge in [-0.2, -0.15) is 0 Å². The Balaban J connectivity index is 2.37. The van der Waals surface area contributed by atoms with Gasteiger partial charge in [-0.15, -0.1) is 0 Å². The summed E-state index contributed by atoms with van der Waals surface area (Å²) in [6, 6.07) is 12.2. The van der Waals surface area contributed by atoms with Crippen LogP contribution in [0.5, 0.6) is 0 Å². The molecule has 0 aliphatic carbocycles. The molecule has 3 rings (SSSR count). The summed E-state index contributed by atoms with van der Waals surface area (Å²) in [5.74, 6) is 0.437. The van der Waals surface area contributed by atoms with Crippen molar-refractivity contribution < 1.29 is 0 Å². The summed E-state index contributed by atoms with van der Waals surface area (Å²) in [5.41, 5.74) is 4.21. The molecule has 0 saturated carbocycles. The second-order valence-corrected chi connectivity index (χ2v) is 5.24. The summed E-state index contributed by atoms with van der Waals surface area (Å²) in [7, 11) is 0. The molecular weight excluding hydrogens is 254 g/mol. The molecule has 0 bridgehead atoms. The molecular formula is C15H15N3S. The zero-order chi connectivity index (χ0) is 13.4. The quantitative estimate of drug-likeness (QED) is 0.707. The number of aromatic amines is 1. The maximum Gasteiger partial charge on any atom is 0.184 e. The van der Waals surface area contributed by atoms with E-state index in [4.69, 9.17) is 12.2 Å². The summed E-state index contributed by atoms with van der Waals surface area (Å²) >= 11 is 5.45. The number of imidazole rings is 1. The first kappa shape index (κ1) is 12.1. The highest BCUT2D eigenvalue weighted by Gasteiger charge is 2.12. The highest BCUT2D eigenvalue weighted by atomic mass is 32.1. The summed E-state index contributed by atoms with van der Waals surface area (Å²) in [6.07, 6.45) is 1.79. The lowest BCUT2D eigenvalue weighted by molar-refractivity contribution is 0.846. The van der Waals surface area contributed by atoms with Gasteiger partial charge < -0.3 is 4.98 Å². The predicted octanol–water partition coefficient (Wildman–Crippen LogP) is 4.21. The fourth-order valence-corrected chi connectivity index (χ4v) is 2.64. The van der Waals surface area contributed by atoms with Gasteiger partial charge in [0.2, 0.25) is 0 Å². The van der Waals surface area contributed by atoms with Crippen molar-refractivity contribution in [2.24, 2.45) is 0 Å². The molecule has 0 unspecified atom stereocenters. The average Bonchev–Trinajstić information content (AvgIpc) is 2.74. The van der Waals surface area contributed by atoms with Gasteiger partial charge in [-0.05, 0) is 41.9 Å². The summed E-state index contributed by atoms with van der Waals surface area (Å²) < 4.78 is 2.70. The van der Waals surface area contributed by atoms with E-state index in [-0.39, 0.29) is 0 Å². The van der Waals surface area contributed by atoms with E-state index >= 15 is 0 Å². The molecule has 3 aromatic rings. The largest absolute Gasteiger partial charge is 0.329 e. The molecule has 2 aromatic heterocycles. The lowest BCUT2D eigenvalue weighted by Crippen LogP contribution is -2.01. The number of H-pyrrole nitrogens is 1. The number of hydrogen-bond donors (Lipinski definition) is 1. The van der Waals surface area contributed by atoms with Crippen molar-refractivity contribution in [3.8, 4) is 5.69 Å². The van der Waals surface area contributed by atoms with Gasteiger partial charge in [-0.3, -0.25) is 4.57 Å². The first-order valence-corrected chi connectivity index (χ1v) is 6.74. The molecule has 19 heavy (non-hydrogen) atoms. The monoisotopic (exact) mass is 269 g/mol. The molecule has 0 aliphatic heterocycles. The van der Waals surface area contributed by atoms with Gasteiger partial charge in [0.1, 0.15) is 0 Å². The Kier molecular flexibility index (Phi) is 2.95. The van der Waals surface area contributed by atoms with Crippen LogP contribution in [0, 0.1) is 4.77 Å². The molecule has 1 N–H and O–H groups in total. The zero-order valence-electron chi connectivity index (χ0n) is 10.9. The van der Waals surface area contributed by atoms with Crippen LogP contribution in [0.3, 0.4) is 0 Å². The summed E-state index contributed by atoms with van der Waals surface area (Å²) in [6.45, 7) is 4.37. The Morgan fingerprint density at radius 3 is 2.74 bits per heavy atom. The van der Waals surface area contributed by atoms with Crippen LogP contribution in [0.15, 0.2) is 42.6 Å². The number of benzene rings is 1. The van der Waals surface area contributed by atoms with Crippen molar-refractivity contribution in [1.29, 1.82) is 0 Å². The number of hydrogen-bond acceptors (Lipinski definition) is 2. The van der Waals surface area contributed by atoms with E-state index in [1.807, 2.05) is 22.8 Å². The smallest absolute Gasteiger partial charge is 0.184 e. The average molecular weight is 269 g/mol. The maximum atomic E-state index is 5.45. The minimum absolute atomic E-state index is 0.437. The molecule has 0 aliphatic rings. The molecule has 3 nitrogen and oxygen atoms in total. The van der Waals surface area contributed by atoms with E-state index < -0.39 is 0 Å². The number of nitrogens with zero attached hydrogens (tertiary/aromatic N) is 2. The Morgan fingerprint density at radius 1 is 1.16 bits per heavy atom.